The smallest absolute Gasteiger partial charge is 1.00 e. The Morgan fingerprint density at radius 2 is 1.62 bits per heavy atom. The van der Waals surface area contributed by atoms with E-state index in [1.54, 1.807) is 31.1 Å². The maximum Gasteiger partial charge on any atom is -1.00 e. The number of benzene rings is 1. The van der Waals surface area contributed by atoms with E-state index in [0.717, 1.165) is 3.63 Å². The molecule has 0 radical (unpaired) electrons. The summed E-state index contributed by atoms with van der Waals surface area (Å²) in [4.78, 5) is 0. The van der Waals surface area contributed by atoms with Crippen molar-refractivity contribution in [3.05, 3.63) is 58.5 Å². The molecule has 0 heterocycles. The van der Waals surface area contributed by atoms with Crippen LogP contribution in [-0.2, 0) is 23.2 Å². The maximum absolute atomic E-state index is 2.48. The first-order valence-electron chi connectivity index (χ1n) is 7.88. The van der Waals surface area contributed by atoms with Crippen LogP contribution in [0.3, 0.4) is 0 Å². The van der Waals surface area contributed by atoms with Crippen LogP contribution < -0.4 is 24.8 Å². The van der Waals surface area contributed by atoms with E-state index in [1.807, 2.05) is 0 Å². The molecule has 24 heavy (non-hydrogen) atoms. The van der Waals surface area contributed by atoms with Gasteiger partial charge in [-0.25, -0.2) is 0 Å². The summed E-state index contributed by atoms with van der Waals surface area (Å²) in [6, 6.07) is 6.83. The third-order valence-corrected chi connectivity index (χ3v) is 12.3. The Balaban J connectivity index is 0.00000144. The average Bonchev–Trinajstić information content (AvgIpc) is 2.85. The molecule has 1 aromatic rings. The molecule has 0 saturated carbocycles. The molecule has 1 atom stereocenters. The molecule has 0 fully saturated rings. The van der Waals surface area contributed by atoms with Crippen LogP contribution in [0.5, 0.6) is 0 Å². The second-order valence-electron chi connectivity index (χ2n) is 7.08. The van der Waals surface area contributed by atoms with Crippen molar-refractivity contribution in [3.8, 4) is 0 Å². The SMILES string of the molecule is CC1=Cc2c(I)cccc2[CH]1[Zr+2][C]1=C(C)C(C)=C(C)C1(C)C.[Cl-].[Cl-]. The van der Waals surface area contributed by atoms with Crippen LogP contribution in [0.2, 0.25) is 0 Å². The van der Waals surface area contributed by atoms with E-state index in [0.29, 0.717) is 0 Å². The summed E-state index contributed by atoms with van der Waals surface area (Å²) in [5.74, 6) is 0. The first-order chi connectivity index (χ1) is 10.2. The summed E-state index contributed by atoms with van der Waals surface area (Å²) < 4.78 is 3.92. The third kappa shape index (κ3) is 3.55. The Kier molecular flexibility index (Phi) is 7.66. The minimum absolute atomic E-state index is 0. The van der Waals surface area contributed by atoms with Crippen molar-refractivity contribution >= 4 is 28.7 Å². The first-order valence-corrected chi connectivity index (χ1v) is 11.6. The van der Waals surface area contributed by atoms with Gasteiger partial charge in [0.05, 0.1) is 0 Å². The number of hydrogen-bond donors (Lipinski definition) is 0. The fraction of sp³-hybridized carbons (Fsp3) is 0.400. The molecule has 2 aliphatic rings. The number of halogens is 3. The molecule has 0 aromatic heterocycles. The molecular weight excluding hydrogens is 529 g/mol. The molecule has 0 nitrogen and oxygen atoms in total. The Morgan fingerprint density at radius 3 is 2.17 bits per heavy atom. The average molecular weight is 552 g/mol. The molecule has 3 rings (SSSR count). The number of fused-ring (bicyclic) bond motifs is 1. The Labute approximate surface area is 184 Å². The zero-order valence-electron chi connectivity index (χ0n) is 15.0. The molecule has 0 spiro atoms. The van der Waals surface area contributed by atoms with Crippen LogP contribution in [0.1, 0.15) is 56.3 Å². The fourth-order valence-corrected chi connectivity index (χ4v) is 9.22. The van der Waals surface area contributed by atoms with Gasteiger partial charge in [0, 0.05) is 0 Å². The van der Waals surface area contributed by atoms with Crippen LogP contribution in [0.25, 0.3) is 6.08 Å². The van der Waals surface area contributed by atoms with Gasteiger partial charge in [-0.2, -0.15) is 0 Å². The summed E-state index contributed by atoms with van der Waals surface area (Å²) in [5.41, 5.74) is 9.68. The molecule has 1 aromatic carbocycles. The van der Waals surface area contributed by atoms with Crippen LogP contribution in [0.4, 0.5) is 0 Å². The third-order valence-electron chi connectivity index (χ3n) is 5.58. The van der Waals surface area contributed by atoms with Gasteiger partial charge in [0.1, 0.15) is 0 Å². The molecule has 0 bridgehead atoms. The summed E-state index contributed by atoms with van der Waals surface area (Å²) in [7, 11) is 0. The molecule has 0 aliphatic heterocycles. The van der Waals surface area contributed by atoms with Crippen molar-refractivity contribution in [1.29, 1.82) is 0 Å². The second-order valence-corrected chi connectivity index (χ2v) is 11.6. The minimum Gasteiger partial charge on any atom is -1.00 e. The van der Waals surface area contributed by atoms with E-state index in [2.05, 4.69) is 88.4 Å². The van der Waals surface area contributed by atoms with E-state index in [4.69, 9.17) is 0 Å². The van der Waals surface area contributed by atoms with Gasteiger partial charge in [-0.05, 0) is 0 Å². The van der Waals surface area contributed by atoms with Crippen molar-refractivity contribution in [3.63, 3.8) is 0 Å². The van der Waals surface area contributed by atoms with Crippen molar-refractivity contribution in [1.82, 2.24) is 0 Å². The quantitative estimate of drug-likeness (QED) is 0.469. The van der Waals surface area contributed by atoms with Gasteiger partial charge in [0.25, 0.3) is 0 Å². The summed E-state index contributed by atoms with van der Waals surface area (Å²) in [5, 5.41) is 0. The van der Waals surface area contributed by atoms with Crippen molar-refractivity contribution in [2.24, 2.45) is 5.41 Å². The van der Waals surface area contributed by atoms with E-state index >= 15 is 0 Å². The van der Waals surface area contributed by atoms with E-state index in [9.17, 15) is 0 Å². The van der Waals surface area contributed by atoms with Crippen LogP contribution >= 0.6 is 22.6 Å². The summed E-state index contributed by atoms with van der Waals surface area (Å²) in [6.07, 6.45) is 2.44. The number of hydrogen-bond acceptors (Lipinski definition) is 0. The molecule has 0 N–H and O–H groups in total. The first kappa shape index (κ1) is 22.7. The molecule has 4 heteroatoms. The van der Waals surface area contributed by atoms with E-state index < -0.39 is 23.2 Å². The van der Waals surface area contributed by atoms with Crippen molar-refractivity contribution in [2.75, 3.05) is 0 Å². The van der Waals surface area contributed by atoms with Crippen LogP contribution in [-0.4, -0.2) is 0 Å². The Morgan fingerprint density at radius 1 is 1.00 bits per heavy atom. The van der Waals surface area contributed by atoms with Gasteiger partial charge in [-0.15, -0.1) is 0 Å². The van der Waals surface area contributed by atoms with Crippen molar-refractivity contribution < 1.29 is 48.0 Å². The predicted octanol–water partition coefficient (Wildman–Crippen LogP) is 0.490. The maximum atomic E-state index is 2.48. The molecule has 0 amide bonds. The summed E-state index contributed by atoms with van der Waals surface area (Å²) in [6.45, 7) is 14.2. The standard InChI is InChI=1S/C10H8I.C10H15.2ClH.Zr/c1-7-5-8-3-2-4-10(11)9(8)6-7;1-7-6-10(4,5)9(3)8(7)2;;;/h2-6H,1H3;1-5H3;2*1H;/q;;;;+2/p-2. The normalized spacial score (nSPS) is 21.0. The van der Waals surface area contributed by atoms with Gasteiger partial charge < -0.3 is 24.8 Å². The molecular formula is C20H23Cl2IZr. The monoisotopic (exact) mass is 550 g/mol. The van der Waals surface area contributed by atoms with Gasteiger partial charge in [-0.1, -0.05) is 0 Å². The van der Waals surface area contributed by atoms with Gasteiger partial charge >= 0.3 is 161 Å². The second kappa shape index (κ2) is 8.11. The zero-order chi connectivity index (χ0) is 16.2. The molecule has 1 unspecified atom stereocenters. The summed E-state index contributed by atoms with van der Waals surface area (Å²) >= 11 is 1.79. The Bertz CT molecular complexity index is 757. The predicted molar refractivity (Wildman–Crippen MR) is 100 cm³/mol. The molecule has 2 aliphatic carbocycles. The van der Waals surface area contributed by atoms with Gasteiger partial charge in [0.2, 0.25) is 0 Å². The van der Waals surface area contributed by atoms with Crippen LogP contribution in [0.15, 0.2) is 43.8 Å². The minimum atomic E-state index is -0.696. The largest absolute Gasteiger partial charge is 1.00 e. The zero-order valence-corrected chi connectivity index (χ0v) is 21.1. The molecule has 128 valence electrons. The van der Waals surface area contributed by atoms with E-state index in [1.165, 1.54) is 9.13 Å². The Hall–Kier alpha value is 0.633. The van der Waals surface area contributed by atoms with Crippen LogP contribution in [0, 0.1) is 8.99 Å². The van der Waals surface area contributed by atoms with Gasteiger partial charge in [0.15, 0.2) is 0 Å². The topological polar surface area (TPSA) is 0 Å². The molecule has 0 saturated heterocycles. The number of allylic oxidation sites excluding steroid dienone is 5. The van der Waals surface area contributed by atoms with Gasteiger partial charge in [-0.3, -0.25) is 0 Å². The fourth-order valence-electron chi connectivity index (χ4n) is 3.73. The number of rotatable bonds is 2. The van der Waals surface area contributed by atoms with Crippen molar-refractivity contribution in [2.45, 2.75) is 45.2 Å². The van der Waals surface area contributed by atoms with E-state index in [-0.39, 0.29) is 30.2 Å².